The van der Waals surface area contributed by atoms with E-state index in [0.29, 0.717) is 25.9 Å². The fourth-order valence-corrected chi connectivity index (χ4v) is 7.61. The quantitative estimate of drug-likeness (QED) is 0.0543. The molecule has 0 aromatic heterocycles. The van der Waals surface area contributed by atoms with Crippen LogP contribution >= 0.6 is 0 Å². The molecule has 0 saturated carbocycles. The van der Waals surface area contributed by atoms with Crippen LogP contribution < -0.4 is 16.0 Å². The average Bonchev–Trinajstić information content (AvgIpc) is 3.16. The first-order chi connectivity index (χ1) is 26.2. The van der Waals surface area contributed by atoms with E-state index in [2.05, 4.69) is 29.8 Å². The maximum atomic E-state index is 12.1. The number of carbonyl (C=O) groups is 2. The number of rotatable bonds is 46. The summed E-state index contributed by atoms with van der Waals surface area (Å²) in [6.45, 7) is 7.40. The van der Waals surface area contributed by atoms with Gasteiger partial charge in [0.2, 0.25) is 11.8 Å². The van der Waals surface area contributed by atoms with Crippen LogP contribution in [0.15, 0.2) is 0 Å². The molecule has 0 aliphatic rings. The Morgan fingerprint density at radius 3 is 0.660 bits per heavy atom. The fraction of sp³-hybridized carbons (Fsp3) is 0.958. The van der Waals surface area contributed by atoms with Gasteiger partial charge in [-0.15, -0.1) is 0 Å². The highest BCUT2D eigenvalue weighted by Gasteiger charge is 2.03. The lowest BCUT2D eigenvalue weighted by Crippen LogP contribution is -2.36. The van der Waals surface area contributed by atoms with Crippen molar-refractivity contribution in [3.63, 3.8) is 0 Å². The van der Waals surface area contributed by atoms with Gasteiger partial charge in [0, 0.05) is 39.0 Å². The van der Waals surface area contributed by atoms with E-state index in [9.17, 15) is 9.59 Å². The minimum atomic E-state index is 0.173. The summed E-state index contributed by atoms with van der Waals surface area (Å²) in [5.74, 6) is 0.346. The van der Waals surface area contributed by atoms with Crippen LogP contribution in [0.3, 0.4) is 0 Å². The van der Waals surface area contributed by atoms with E-state index in [1.54, 1.807) is 0 Å². The zero-order valence-corrected chi connectivity index (χ0v) is 36.4. The second-order valence-electron chi connectivity index (χ2n) is 16.7. The molecule has 0 rings (SSSR count). The largest absolute Gasteiger partial charge is 0.355 e. The smallest absolute Gasteiger partial charge is 0.220 e. The Morgan fingerprint density at radius 1 is 0.264 bits per heavy atom. The number of hydrogen-bond donors (Lipinski definition) is 3. The van der Waals surface area contributed by atoms with E-state index in [4.69, 9.17) is 0 Å². The summed E-state index contributed by atoms with van der Waals surface area (Å²) in [6, 6.07) is 0. The highest BCUT2D eigenvalue weighted by Crippen LogP contribution is 2.16. The number of amides is 2. The van der Waals surface area contributed by atoms with Gasteiger partial charge in [-0.3, -0.25) is 9.59 Å². The standard InChI is InChI=1S/C48H97N3O2/c1-3-5-7-9-11-13-15-17-19-21-23-25-27-29-31-33-35-37-39-41-47(52)50-45-43-49-44-46-51-48(53)42-40-38-36-34-32-30-28-26-24-22-20-18-16-14-12-10-8-6-4-2/h49H,3-46H2,1-2H3,(H,50,52)(H,51,53). The van der Waals surface area contributed by atoms with Gasteiger partial charge in [-0.05, 0) is 12.8 Å². The van der Waals surface area contributed by atoms with Gasteiger partial charge < -0.3 is 16.0 Å². The maximum absolute atomic E-state index is 12.1. The summed E-state index contributed by atoms with van der Waals surface area (Å²) in [7, 11) is 0. The van der Waals surface area contributed by atoms with Crippen molar-refractivity contribution in [2.24, 2.45) is 0 Å². The molecule has 316 valence electrons. The molecule has 5 heteroatoms. The fourth-order valence-electron chi connectivity index (χ4n) is 7.61. The summed E-state index contributed by atoms with van der Waals surface area (Å²) < 4.78 is 0. The summed E-state index contributed by atoms with van der Waals surface area (Å²) in [6.07, 6.45) is 53.5. The third-order valence-electron chi connectivity index (χ3n) is 11.3. The SMILES string of the molecule is CCCCCCCCCCCCCCCCCCCCCC(=O)NCCNCCNC(=O)CCCCCCCCCCCCCCCCCCCCC. The molecule has 0 fully saturated rings. The summed E-state index contributed by atoms with van der Waals surface area (Å²) >= 11 is 0. The van der Waals surface area contributed by atoms with Crippen LogP contribution in [0.25, 0.3) is 0 Å². The Kier molecular flexibility index (Phi) is 46.1. The lowest BCUT2D eigenvalue weighted by atomic mass is 10.0. The third kappa shape index (κ3) is 47.0. The molecule has 0 aliphatic carbocycles. The number of unbranched alkanes of at least 4 members (excludes halogenated alkanes) is 36. The predicted molar refractivity (Wildman–Crippen MR) is 235 cm³/mol. The molecule has 0 spiro atoms. The van der Waals surface area contributed by atoms with Gasteiger partial charge in [0.1, 0.15) is 0 Å². The van der Waals surface area contributed by atoms with E-state index < -0.39 is 0 Å². The van der Waals surface area contributed by atoms with Crippen molar-refractivity contribution in [2.45, 2.75) is 271 Å². The van der Waals surface area contributed by atoms with Crippen LogP contribution in [0.1, 0.15) is 271 Å². The Labute approximate surface area is 333 Å². The van der Waals surface area contributed by atoms with E-state index in [1.165, 1.54) is 231 Å². The molecule has 0 aliphatic heterocycles. The van der Waals surface area contributed by atoms with E-state index in [-0.39, 0.29) is 11.8 Å². The highest BCUT2D eigenvalue weighted by atomic mass is 16.2. The maximum Gasteiger partial charge on any atom is 0.220 e. The van der Waals surface area contributed by atoms with E-state index in [1.807, 2.05) is 0 Å². The first kappa shape index (κ1) is 51.9. The summed E-state index contributed by atoms with van der Waals surface area (Å²) in [5.41, 5.74) is 0. The van der Waals surface area contributed by atoms with Crippen molar-refractivity contribution in [1.29, 1.82) is 0 Å². The zero-order valence-electron chi connectivity index (χ0n) is 36.4. The molecular weight excluding hydrogens is 651 g/mol. The van der Waals surface area contributed by atoms with Crippen molar-refractivity contribution >= 4 is 11.8 Å². The molecular formula is C48H97N3O2. The Morgan fingerprint density at radius 2 is 0.453 bits per heavy atom. The van der Waals surface area contributed by atoms with Gasteiger partial charge in [-0.25, -0.2) is 0 Å². The minimum absolute atomic E-state index is 0.173. The van der Waals surface area contributed by atoms with Crippen LogP contribution in [0.4, 0.5) is 0 Å². The minimum Gasteiger partial charge on any atom is -0.355 e. The Bertz CT molecular complexity index is 657. The van der Waals surface area contributed by atoms with E-state index >= 15 is 0 Å². The van der Waals surface area contributed by atoms with Crippen LogP contribution in [0.2, 0.25) is 0 Å². The Hall–Kier alpha value is -1.10. The summed E-state index contributed by atoms with van der Waals surface area (Å²) in [4.78, 5) is 24.2. The van der Waals surface area contributed by atoms with Crippen LogP contribution in [-0.4, -0.2) is 38.0 Å². The topological polar surface area (TPSA) is 70.2 Å². The van der Waals surface area contributed by atoms with Crippen LogP contribution in [0, 0.1) is 0 Å². The molecule has 0 aromatic rings. The molecule has 0 unspecified atom stereocenters. The summed E-state index contributed by atoms with van der Waals surface area (Å²) in [5, 5.41) is 9.38. The van der Waals surface area contributed by atoms with Crippen LogP contribution in [-0.2, 0) is 9.59 Å². The average molecular weight is 748 g/mol. The van der Waals surface area contributed by atoms with Crippen molar-refractivity contribution in [3.05, 3.63) is 0 Å². The molecule has 0 bridgehead atoms. The zero-order chi connectivity index (χ0) is 38.4. The van der Waals surface area contributed by atoms with Gasteiger partial charge in [0.15, 0.2) is 0 Å². The van der Waals surface area contributed by atoms with Crippen molar-refractivity contribution in [3.8, 4) is 0 Å². The lowest BCUT2D eigenvalue weighted by molar-refractivity contribution is -0.121. The molecule has 53 heavy (non-hydrogen) atoms. The predicted octanol–water partition coefficient (Wildman–Crippen LogP) is 14.5. The number of nitrogens with one attached hydrogen (secondary N) is 3. The lowest BCUT2D eigenvalue weighted by Gasteiger charge is -2.08. The van der Waals surface area contributed by atoms with Crippen molar-refractivity contribution in [1.82, 2.24) is 16.0 Å². The van der Waals surface area contributed by atoms with Crippen molar-refractivity contribution in [2.75, 3.05) is 26.2 Å². The molecule has 5 nitrogen and oxygen atoms in total. The monoisotopic (exact) mass is 748 g/mol. The molecule has 2 amide bonds. The number of hydrogen-bond acceptors (Lipinski definition) is 3. The van der Waals surface area contributed by atoms with Gasteiger partial charge in [0.05, 0.1) is 0 Å². The molecule has 3 N–H and O–H groups in total. The molecule has 0 atom stereocenters. The number of carbonyl (C=O) groups excluding carboxylic acids is 2. The second-order valence-corrected chi connectivity index (χ2v) is 16.7. The Balaban J connectivity index is 3.23. The normalized spacial score (nSPS) is 11.4. The van der Waals surface area contributed by atoms with Gasteiger partial charge >= 0.3 is 0 Å². The van der Waals surface area contributed by atoms with Gasteiger partial charge in [-0.2, -0.15) is 0 Å². The van der Waals surface area contributed by atoms with Gasteiger partial charge in [0.25, 0.3) is 0 Å². The second kappa shape index (κ2) is 47.1. The molecule has 0 radical (unpaired) electrons. The highest BCUT2D eigenvalue weighted by molar-refractivity contribution is 5.76. The third-order valence-corrected chi connectivity index (χ3v) is 11.3. The van der Waals surface area contributed by atoms with E-state index in [0.717, 1.165) is 25.9 Å². The van der Waals surface area contributed by atoms with Crippen molar-refractivity contribution < 1.29 is 9.59 Å². The van der Waals surface area contributed by atoms with Gasteiger partial charge in [-0.1, -0.05) is 245 Å². The van der Waals surface area contributed by atoms with Crippen LogP contribution in [0.5, 0.6) is 0 Å². The first-order valence-corrected chi connectivity index (χ1v) is 24.4. The molecule has 0 saturated heterocycles. The molecule has 0 heterocycles. The molecule has 0 aromatic carbocycles. The first-order valence-electron chi connectivity index (χ1n) is 24.4.